The number of nitrogens with zero attached hydrogens (tertiary/aromatic N) is 2. The maximum Gasteiger partial charge on any atom is 0.472 e. The van der Waals surface area contributed by atoms with Gasteiger partial charge in [-0.05, 0) is 36.2 Å². The molecule has 0 saturated heterocycles. The minimum atomic E-state index is -5.19. The predicted octanol–water partition coefficient (Wildman–Crippen LogP) is 4.60. The lowest BCUT2D eigenvalue weighted by Crippen LogP contribution is -2.51. The maximum absolute atomic E-state index is 14.9. The van der Waals surface area contributed by atoms with Crippen LogP contribution in [0.15, 0.2) is 34.9 Å². The van der Waals surface area contributed by atoms with E-state index in [2.05, 4.69) is 15.5 Å². The Morgan fingerprint density at radius 2 is 1.79 bits per heavy atom. The lowest BCUT2D eigenvalue weighted by Gasteiger charge is -2.17. The minimum absolute atomic E-state index is 0.0357. The van der Waals surface area contributed by atoms with Crippen LogP contribution in [-0.2, 0) is 4.79 Å². The van der Waals surface area contributed by atoms with Gasteiger partial charge in [0.2, 0.25) is 11.7 Å². The second-order valence-electron chi connectivity index (χ2n) is 6.96. The third kappa shape index (κ3) is 5.60. The van der Waals surface area contributed by atoms with Gasteiger partial charge in [0, 0.05) is 17.5 Å². The number of urea groups is 1. The van der Waals surface area contributed by atoms with E-state index >= 15 is 0 Å². The van der Waals surface area contributed by atoms with E-state index in [0.29, 0.717) is 0 Å². The summed E-state index contributed by atoms with van der Waals surface area (Å²) < 4.78 is 71.0. The fourth-order valence-corrected chi connectivity index (χ4v) is 3.17. The van der Waals surface area contributed by atoms with Crippen LogP contribution in [0.3, 0.4) is 0 Å². The summed E-state index contributed by atoms with van der Waals surface area (Å²) in [6, 6.07) is 3.96. The Morgan fingerprint density at radius 3 is 2.38 bits per heavy atom. The van der Waals surface area contributed by atoms with Gasteiger partial charge in [-0.3, -0.25) is 10.2 Å². The SMILES string of the molecule is Cc1nc(-c2c(F)cc(Cl)cc2-c2ccc([C@@H](C)NC(=O)NNC(=O)C(F)(F)F)c(F)c2)no1. The van der Waals surface area contributed by atoms with Crippen LogP contribution < -0.4 is 16.2 Å². The summed E-state index contributed by atoms with van der Waals surface area (Å²) in [5.41, 5.74) is 2.95. The molecular formula is C20H15ClF5N5O3. The van der Waals surface area contributed by atoms with Crippen LogP contribution >= 0.6 is 11.6 Å². The third-order valence-corrected chi connectivity index (χ3v) is 4.70. The Morgan fingerprint density at radius 1 is 1.09 bits per heavy atom. The Kier molecular flexibility index (Phi) is 7.05. The van der Waals surface area contributed by atoms with E-state index in [9.17, 15) is 31.5 Å². The van der Waals surface area contributed by atoms with Gasteiger partial charge in [0.15, 0.2) is 0 Å². The van der Waals surface area contributed by atoms with Gasteiger partial charge >= 0.3 is 18.1 Å². The van der Waals surface area contributed by atoms with E-state index in [-0.39, 0.29) is 39.0 Å². The molecule has 1 atom stereocenters. The van der Waals surface area contributed by atoms with Crippen LogP contribution in [-0.4, -0.2) is 28.3 Å². The van der Waals surface area contributed by atoms with Crippen molar-refractivity contribution in [2.75, 3.05) is 0 Å². The van der Waals surface area contributed by atoms with Crippen molar-refractivity contribution < 1.29 is 36.1 Å². The fraction of sp³-hybridized carbons (Fsp3) is 0.200. The molecule has 0 aliphatic heterocycles. The molecule has 0 unspecified atom stereocenters. The molecule has 3 rings (SSSR count). The van der Waals surface area contributed by atoms with E-state index in [1.807, 2.05) is 0 Å². The molecule has 3 aromatic rings. The van der Waals surface area contributed by atoms with E-state index in [4.69, 9.17) is 16.1 Å². The molecule has 2 aromatic carbocycles. The number of alkyl halides is 3. The number of aryl methyl sites for hydroxylation is 1. The van der Waals surface area contributed by atoms with Crippen molar-refractivity contribution in [2.24, 2.45) is 0 Å². The highest BCUT2D eigenvalue weighted by Gasteiger charge is 2.39. The van der Waals surface area contributed by atoms with Crippen LogP contribution in [0.1, 0.15) is 24.4 Å². The number of halogens is 6. The Hall–Kier alpha value is -3.74. The Labute approximate surface area is 193 Å². The number of rotatable bonds is 4. The number of aromatic nitrogens is 2. The van der Waals surface area contributed by atoms with Crippen molar-refractivity contribution in [1.29, 1.82) is 0 Å². The van der Waals surface area contributed by atoms with Crippen LogP contribution in [0, 0.1) is 18.6 Å². The Bertz CT molecular complexity index is 1250. The summed E-state index contributed by atoms with van der Waals surface area (Å²) in [4.78, 5) is 26.5. The van der Waals surface area contributed by atoms with Gasteiger partial charge in [-0.2, -0.15) is 18.2 Å². The molecule has 1 heterocycles. The van der Waals surface area contributed by atoms with Gasteiger partial charge in [0.1, 0.15) is 11.6 Å². The van der Waals surface area contributed by atoms with Crippen molar-refractivity contribution >= 4 is 23.5 Å². The molecule has 3 N–H and O–H groups in total. The van der Waals surface area contributed by atoms with Gasteiger partial charge in [0.25, 0.3) is 0 Å². The number of hydrogen-bond acceptors (Lipinski definition) is 5. The van der Waals surface area contributed by atoms with E-state index in [1.165, 1.54) is 42.9 Å². The summed E-state index contributed by atoms with van der Waals surface area (Å²) in [6.45, 7) is 2.87. The smallest absolute Gasteiger partial charge is 0.339 e. The number of benzene rings is 2. The molecule has 0 spiro atoms. The molecule has 14 heteroatoms. The first-order valence-electron chi connectivity index (χ1n) is 9.40. The Balaban J connectivity index is 1.83. The summed E-state index contributed by atoms with van der Waals surface area (Å²) in [5.74, 6) is -3.85. The van der Waals surface area contributed by atoms with E-state index in [1.54, 1.807) is 0 Å². The first-order valence-corrected chi connectivity index (χ1v) is 9.78. The largest absolute Gasteiger partial charge is 0.472 e. The number of nitrogens with one attached hydrogen (secondary N) is 3. The van der Waals surface area contributed by atoms with Gasteiger partial charge < -0.3 is 9.84 Å². The van der Waals surface area contributed by atoms with E-state index in [0.717, 1.165) is 12.1 Å². The second kappa shape index (κ2) is 9.63. The van der Waals surface area contributed by atoms with Crippen molar-refractivity contribution in [3.8, 4) is 22.5 Å². The molecule has 0 fully saturated rings. The van der Waals surface area contributed by atoms with Gasteiger partial charge in [0.05, 0.1) is 11.6 Å². The minimum Gasteiger partial charge on any atom is -0.339 e. The number of carbonyl (C=O) groups is 2. The highest BCUT2D eigenvalue weighted by Crippen LogP contribution is 2.36. The molecule has 0 radical (unpaired) electrons. The first-order chi connectivity index (χ1) is 15.9. The van der Waals surface area contributed by atoms with Gasteiger partial charge in [-0.1, -0.05) is 28.9 Å². The second-order valence-corrected chi connectivity index (χ2v) is 7.39. The molecule has 180 valence electrons. The van der Waals surface area contributed by atoms with Crippen molar-refractivity contribution in [3.63, 3.8) is 0 Å². The zero-order valence-corrected chi connectivity index (χ0v) is 18.1. The summed E-state index contributed by atoms with van der Waals surface area (Å²) in [5, 5.41) is 5.90. The molecule has 0 bridgehead atoms. The summed E-state index contributed by atoms with van der Waals surface area (Å²) >= 11 is 5.97. The lowest BCUT2D eigenvalue weighted by molar-refractivity contribution is -0.174. The van der Waals surface area contributed by atoms with E-state index < -0.39 is 35.8 Å². The lowest BCUT2D eigenvalue weighted by atomic mass is 9.96. The van der Waals surface area contributed by atoms with Gasteiger partial charge in [-0.25, -0.2) is 19.0 Å². The van der Waals surface area contributed by atoms with Crippen LogP contribution in [0.25, 0.3) is 22.5 Å². The van der Waals surface area contributed by atoms with Crippen molar-refractivity contribution in [3.05, 3.63) is 58.4 Å². The molecule has 8 nitrogen and oxygen atoms in total. The monoisotopic (exact) mass is 503 g/mol. The first kappa shape index (κ1) is 24.9. The van der Waals surface area contributed by atoms with Crippen molar-refractivity contribution in [1.82, 2.24) is 26.3 Å². The standard InChI is InChI=1S/C20H15ClF5N5O3/c1-8(27-19(33)30-29-18(32)20(24,25)26)12-4-3-10(5-14(12)22)13-6-11(21)7-15(23)16(13)17-28-9(2)34-31-17/h3-8H,1-2H3,(H,29,32)(H2,27,30,33)/t8-/m1/s1. The zero-order valence-electron chi connectivity index (χ0n) is 17.4. The predicted molar refractivity (Wildman–Crippen MR) is 109 cm³/mol. The highest BCUT2D eigenvalue weighted by atomic mass is 35.5. The quantitative estimate of drug-likeness (QED) is 0.356. The molecular weight excluding hydrogens is 489 g/mol. The zero-order chi connectivity index (χ0) is 25.2. The average Bonchev–Trinajstić information content (AvgIpc) is 3.16. The average molecular weight is 504 g/mol. The number of amides is 3. The normalized spacial score (nSPS) is 12.2. The van der Waals surface area contributed by atoms with Crippen LogP contribution in [0.4, 0.5) is 26.7 Å². The van der Waals surface area contributed by atoms with Gasteiger partial charge in [-0.15, -0.1) is 0 Å². The summed E-state index contributed by atoms with van der Waals surface area (Å²) in [6.07, 6.45) is -5.19. The molecule has 1 aromatic heterocycles. The molecule has 34 heavy (non-hydrogen) atoms. The van der Waals surface area contributed by atoms with Crippen LogP contribution in [0.5, 0.6) is 0 Å². The molecule has 3 amide bonds. The fourth-order valence-electron chi connectivity index (χ4n) is 2.97. The topological polar surface area (TPSA) is 109 Å². The van der Waals surface area contributed by atoms with Crippen LogP contribution in [0.2, 0.25) is 5.02 Å². The molecule has 0 aliphatic carbocycles. The highest BCUT2D eigenvalue weighted by molar-refractivity contribution is 6.31. The number of carbonyl (C=O) groups excluding carboxylic acids is 2. The number of hydrogen-bond donors (Lipinski definition) is 3. The summed E-state index contributed by atoms with van der Waals surface area (Å²) in [7, 11) is 0. The number of hydrazine groups is 1. The maximum atomic E-state index is 14.9. The third-order valence-electron chi connectivity index (χ3n) is 4.48. The van der Waals surface area contributed by atoms with Crippen molar-refractivity contribution in [2.45, 2.75) is 26.1 Å². The molecule has 0 saturated carbocycles. The molecule has 0 aliphatic rings.